The highest BCUT2D eigenvalue weighted by molar-refractivity contribution is 6.02. The van der Waals surface area contributed by atoms with Gasteiger partial charge in [0.25, 0.3) is 0 Å². The number of hydrogen-bond acceptors (Lipinski definition) is 3. The molecule has 0 unspecified atom stereocenters. The second kappa shape index (κ2) is 4.68. The van der Waals surface area contributed by atoms with Crippen LogP contribution < -0.4 is 5.84 Å². The number of hydrazone groups is 1. The van der Waals surface area contributed by atoms with Gasteiger partial charge in [0.15, 0.2) is 5.78 Å². The number of carbonyl (C=O) groups is 1. The second-order valence-electron chi connectivity index (χ2n) is 8.33. The van der Waals surface area contributed by atoms with E-state index in [4.69, 9.17) is 5.84 Å². The van der Waals surface area contributed by atoms with Crippen LogP contribution in [0.15, 0.2) is 41.1 Å². The van der Waals surface area contributed by atoms with Crippen LogP contribution in [0.2, 0.25) is 0 Å². The molecule has 0 bridgehead atoms. The van der Waals surface area contributed by atoms with Crippen LogP contribution >= 0.6 is 0 Å². The molecule has 4 aliphatic carbocycles. The van der Waals surface area contributed by atoms with Crippen molar-refractivity contribution in [1.82, 2.24) is 0 Å². The molecule has 3 nitrogen and oxygen atoms in total. The summed E-state index contributed by atoms with van der Waals surface area (Å²) in [6.07, 6.45) is 11.3. The number of nitrogens with two attached hydrogens (primary N) is 1. The smallest absolute Gasteiger partial charge is 0.178 e. The van der Waals surface area contributed by atoms with Crippen molar-refractivity contribution in [2.24, 2.45) is 39.5 Å². The van der Waals surface area contributed by atoms with Crippen LogP contribution in [-0.2, 0) is 4.79 Å². The fraction of sp³-hybridized carbons (Fsp3) is 0.600. The van der Waals surface area contributed by atoms with E-state index in [1.165, 1.54) is 24.1 Å². The van der Waals surface area contributed by atoms with Crippen LogP contribution in [0, 0.1) is 28.6 Å². The van der Waals surface area contributed by atoms with E-state index in [1.807, 2.05) is 6.08 Å². The number of fused-ring (bicyclic) bond motifs is 5. The fourth-order valence-corrected chi connectivity index (χ4v) is 6.21. The van der Waals surface area contributed by atoms with Crippen molar-refractivity contribution >= 4 is 11.5 Å². The molecule has 0 amide bonds. The molecular formula is C20H26N2O. The first-order valence-electron chi connectivity index (χ1n) is 8.81. The Morgan fingerprint density at radius 1 is 1.30 bits per heavy atom. The van der Waals surface area contributed by atoms with Gasteiger partial charge in [0.1, 0.15) is 0 Å². The van der Waals surface area contributed by atoms with E-state index in [0.717, 1.165) is 24.8 Å². The van der Waals surface area contributed by atoms with Gasteiger partial charge in [-0.15, -0.1) is 0 Å². The third-order valence-corrected chi connectivity index (χ3v) is 7.43. The Labute approximate surface area is 138 Å². The van der Waals surface area contributed by atoms with Gasteiger partial charge < -0.3 is 5.84 Å². The highest BCUT2D eigenvalue weighted by Crippen LogP contribution is 2.64. The Kier molecular flexibility index (Phi) is 3.04. The predicted molar refractivity (Wildman–Crippen MR) is 92.8 cm³/mol. The minimum absolute atomic E-state index is 0.0299. The van der Waals surface area contributed by atoms with Gasteiger partial charge in [0.2, 0.25) is 0 Å². The number of hydrogen-bond donors (Lipinski definition) is 1. The van der Waals surface area contributed by atoms with E-state index in [0.29, 0.717) is 17.8 Å². The van der Waals surface area contributed by atoms with Gasteiger partial charge in [0, 0.05) is 16.5 Å². The minimum Gasteiger partial charge on any atom is -0.323 e. The highest BCUT2D eigenvalue weighted by Gasteiger charge is 2.58. The lowest BCUT2D eigenvalue weighted by atomic mass is 9.48. The lowest BCUT2D eigenvalue weighted by molar-refractivity contribution is -0.110. The molecule has 122 valence electrons. The molecule has 4 aliphatic rings. The second-order valence-corrected chi connectivity index (χ2v) is 8.33. The maximum atomic E-state index is 11.8. The van der Waals surface area contributed by atoms with Crippen LogP contribution in [0.1, 0.15) is 46.0 Å². The van der Waals surface area contributed by atoms with Gasteiger partial charge >= 0.3 is 0 Å². The highest BCUT2D eigenvalue weighted by atomic mass is 16.1. The molecule has 23 heavy (non-hydrogen) atoms. The number of rotatable bonds is 0. The topological polar surface area (TPSA) is 55.4 Å². The maximum Gasteiger partial charge on any atom is 0.178 e. The summed E-state index contributed by atoms with van der Waals surface area (Å²) >= 11 is 0. The fourth-order valence-electron chi connectivity index (χ4n) is 6.21. The van der Waals surface area contributed by atoms with Gasteiger partial charge in [-0.3, -0.25) is 4.79 Å². The first-order chi connectivity index (χ1) is 10.9. The molecule has 3 heteroatoms. The lowest BCUT2D eigenvalue weighted by Gasteiger charge is -2.56. The van der Waals surface area contributed by atoms with E-state index in [1.54, 1.807) is 6.08 Å². The van der Waals surface area contributed by atoms with Crippen LogP contribution in [0.25, 0.3) is 0 Å². The molecule has 3 fully saturated rings. The first-order valence-corrected chi connectivity index (χ1v) is 8.81. The minimum atomic E-state index is -0.0299. The molecule has 0 radical (unpaired) electrons. The third-order valence-electron chi connectivity index (χ3n) is 7.43. The Bertz CT molecular complexity index is 686. The van der Waals surface area contributed by atoms with E-state index in [-0.39, 0.29) is 16.6 Å². The molecule has 4 rings (SSSR count). The Morgan fingerprint density at radius 2 is 2.09 bits per heavy atom. The Hall–Kier alpha value is -1.64. The zero-order chi connectivity index (χ0) is 16.4. The number of ketones is 1. The molecule has 0 aromatic carbocycles. The summed E-state index contributed by atoms with van der Waals surface area (Å²) in [5.41, 5.74) is 3.70. The molecule has 0 aromatic rings. The Morgan fingerprint density at radius 3 is 2.83 bits per heavy atom. The van der Waals surface area contributed by atoms with E-state index >= 15 is 0 Å². The van der Waals surface area contributed by atoms with Crippen molar-refractivity contribution in [3.63, 3.8) is 0 Å². The number of allylic oxidation sites excluding steroid dienone is 5. The summed E-state index contributed by atoms with van der Waals surface area (Å²) in [5.74, 6) is 7.65. The quantitative estimate of drug-likeness (QED) is 0.547. The van der Waals surface area contributed by atoms with Crippen molar-refractivity contribution < 1.29 is 4.79 Å². The third kappa shape index (κ3) is 1.82. The van der Waals surface area contributed by atoms with Gasteiger partial charge in [-0.1, -0.05) is 32.1 Å². The average Bonchev–Trinajstić information content (AvgIpc) is 2.86. The summed E-state index contributed by atoms with van der Waals surface area (Å²) in [6, 6.07) is 0. The van der Waals surface area contributed by atoms with E-state index in [9.17, 15) is 4.79 Å². The standard InChI is InChI=1S/C20H26N2O/c1-12-10-14-15-4-5-18(22-21)20(15,3)9-7-16(14)19(2)8-6-13(23)11-17(12)19/h6,8,11,14-16H,1,4-5,7,9-10,21H2,2-3H3/b22-18+/t14-,15-,16-,19+,20-/m0/s1. The van der Waals surface area contributed by atoms with Gasteiger partial charge in [-0.25, -0.2) is 0 Å². The summed E-state index contributed by atoms with van der Waals surface area (Å²) in [6.45, 7) is 9.01. The average molecular weight is 310 g/mol. The Balaban J connectivity index is 1.76. The normalized spacial score (nSPS) is 47.1. The molecule has 3 saturated carbocycles. The summed E-state index contributed by atoms with van der Waals surface area (Å²) in [5, 5.41) is 4.13. The molecule has 0 aromatic heterocycles. The summed E-state index contributed by atoms with van der Waals surface area (Å²) in [4.78, 5) is 11.8. The molecule has 0 saturated heterocycles. The van der Waals surface area contributed by atoms with Gasteiger partial charge in [0.05, 0.1) is 0 Å². The molecule has 0 aliphatic heterocycles. The zero-order valence-electron chi connectivity index (χ0n) is 14.1. The van der Waals surface area contributed by atoms with Crippen LogP contribution in [0.3, 0.4) is 0 Å². The maximum absolute atomic E-state index is 11.8. The predicted octanol–water partition coefficient (Wildman–Crippen LogP) is 3.78. The largest absolute Gasteiger partial charge is 0.323 e. The monoisotopic (exact) mass is 310 g/mol. The SMILES string of the molecule is C=C1C[C@@H]2[C@H](CC[C@]3(C)/C(=N/N)CC[C@@H]23)[C@@]2(C)C=CC(=O)C=C12. The molecule has 0 spiro atoms. The van der Waals surface area contributed by atoms with E-state index in [2.05, 4.69) is 31.6 Å². The van der Waals surface area contributed by atoms with E-state index < -0.39 is 0 Å². The molecule has 2 N–H and O–H groups in total. The summed E-state index contributed by atoms with van der Waals surface area (Å²) in [7, 11) is 0. The molecule has 5 atom stereocenters. The van der Waals surface area contributed by atoms with Crippen molar-refractivity contribution in [1.29, 1.82) is 0 Å². The van der Waals surface area contributed by atoms with Gasteiger partial charge in [-0.2, -0.15) is 5.10 Å². The van der Waals surface area contributed by atoms with Gasteiger partial charge in [-0.05, 0) is 67.6 Å². The number of carbonyl (C=O) groups excluding carboxylic acids is 1. The first kappa shape index (κ1) is 14.9. The van der Waals surface area contributed by atoms with Crippen LogP contribution in [-0.4, -0.2) is 11.5 Å². The van der Waals surface area contributed by atoms with Crippen molar-refractivity contribution in [2.75, 3.05) is 0 Å². The van der Waals surface area contributed by atoms with Crippen molar-refractivity contribution in [3.8, 4) is 0 Å². The lowest BCUT2D eigenvalue weighted by Crippen LogP contribution is -2.50. The summed E-state index contributed by atoms with van der Waals surface area (Å²) < 4.78 is 0. The molecule has 0 heterocycles. The van der Waals surface area contributed by atoms with Crippen molar-refractivity contribution in [3.05, 3.63) is 36.0 Å². The van der Waals surface area contributed by atoms with Crippen LogP contribution in [0.4, 0.5) is 0 Å². The van der Waals surface area contributed by atoms with Crippen molar-refractivity contribution in [2.45, 2.75) is 46.0 Å². The van der Waals surface area contributed by atoms with Crippen LogP contribution in [0.5, 0.6) is 0 Å². The zero-order valence-corrected chi connectivity index (χ0v) is 14.1. The number of nitrogens with zero attached hydrogens (tertiary/aromatic N) is 1. The molecular weight excluding hydrogens is 284 g/mol.